The molecular formula is C10H17NO2. The molecule has 13 heavy (non-hydrogen) atoms. The lowest BCUT2D eigenvalue weighted by atomic mass is 9.68. The van der Waals surface area contributed by atoms with Crippen LogP contribution in [0.4, 0.5) is 0 Å². The highest BCUT2D eigenvalue weighted by Crippen LogP contribution is 2.42. The van der Waals surface area contributed by atoms with Gasteiger partial charge in [-0.15, -0.1) is 0 Å². The van der Waals surface area contributed by atoms with Crippen LogP contribution in [0.25, 0.3) is 0 Å². The van der Waals surface area contributed by atoms with Gasteiger partial charge in [0.25, 0.3) is 0 Å². The molecule has 0 aromatic heterocycles. The second-order valence-corrected chi connectivity index (χ2v) is 4.30. The first-order chi connectivity index (χ1) is 5.96. The van der Waals surface area contributed by atoms with Gasteiger partial charge in [0.2, 0.25) is 0 Å². The van der Waals surface area contributed by atoms with E-state index in [9.17, 15) is 5.11 Å². The third-order valence-electron chi connectivity index (χ3n) is 3.33. The molecule has 1 saturated heterocycles. The van der Waals surface area contributed by atoms with Gasteiger partial charge >= 0.3 is 0 Å². The van der Waals surface area contributed by atoms with Crippen LogP contribution in [-0.4, -0.2) is 23.9 Å². The Labute approximate surface area is 79.3 Å². The minimum absolute atomic E-state index is 0.0637. The van der Waals surface area contributed by atoms with Gasteiger partial charge in [-0.25, -0.2) is 0 Å². The van der Waals surface area contributed by atoms with E-state index in [-0.39, 0.29) is 5.92 Å². The number of rotatable bonds is 2. The predicted octanol–water partition coefficient (Wildman–Crippen LogP) is 1.32. The largest absolute Gasteiger partial charge is 0.388 e. The smallest absolute Gasteiger partial charge is 0.111 e. The van der Waals surface area contributed by atoms with Crippen molar-refractivity contribution in [3.8, 4) is 6.07 Å². The van der Waals surface area contributed by atoms with Gasteiger partial charge in [0.05, 0.1) is 18.3 Å². The second kappa shape index (κ2) is 3.28. The first kappa shape index (κ1) is 10.5. The summed E-state index contributed by atoms with van der Waals surface area (Å²) in [6, 6.07) is 2.22. The second-order valence-electron chi connectivity index (χ2n) is 4.30. The van der Waals surface area contributed by atoms with E-state index in [0.717, 1.165) is 0 Å². The zero-order chi connectivity index (χ0) is 10.1. The molecule has 0 amide bonds. The fraction of sp³-hybridized carbons (Fsp3) is 0.900. The topological polar surface area (TPSA) is 53.2 Å². The van der Waals surface area contributed by atoms with Crippen LogP contribution in [0.5, 0.6) is 0 Å². The normalized spacial score (nSPS) is 32.9. The van der Waals surface area contributed by atoms with Crippen molar-refractivity contribution in [1.82, 2.24) is 0 Å². The molecule has 1 heterocycles. The van der Waals surface area contributed by atoms with Crippen LogP contribution in [0, 0.1) is 22.7 Å². The highest BCUT2D eigenvalue weighted by Gasteiger charge is 2.52. The van der Waals surface area contributed by atoms with E-state index in [0.29, 0.717) is 19.6 Å². The molecule has 0 aromatic rings. The van der Waals surface area contributed by atoms with Crippen molar-refractivity contribution in [2.45, 2.75) is 32.8 Å². The molecule has 0 bridgehead atoms. The van der Waals surface area contributed by atoms with E-state index in [2.05, 4.69) is 6.07 Å². The maximum Gasteiger partial charge on any atom is 0.111 e. The van der Waals surface area contributed by atoms with E-state index in [1.54, 1.807) is 6.92 Å². The number of ether oxygens (including phenoxy) is 1. The Morgan fingerprint density at radius 2 is 2.23 bits per heavy atom. The first-order valence-corrected chi connectivity index (χ1v) is 4.68. The summed E-state index contributed by atoms with van der Waals surface area (Å²) in [7, 11) is 0. The maximum absolute atomic E-state index is 10.2. The quantitative estimate of drug-likeness (QED) is 0.702. The SMILES string of the molecule is CC(C)C(C)(O)C1(C#N)CCOC1. The van der Waals surface area contributed by atoms with E-state index in [1.165, 1.54) is 0 Å². The molecular weight excluding hydrogens is 166 g/mol. The van der Waals surface area contributed by atoms with Crippen molar-refractivity contribution < 1.29 is 9.84 Å². The van der Waals surface area contributed by atoms with E-state index >= 15 is 0 Å². The zero-order valence-electron chi connectivity index (χ0n) is 8.50. The number of nitrogens with zero attached hydrogens (tertiary/aromatic N) is 1. The summed E-state index contributed by atoms with van der Waals surface area (Å²) < 4.78 is 5.21. The summed E-state index contributed by atoms with van der Waals surface area (Å²) >= 11 is 0. The van der Waals surface area contributed by atoms with Crippen LogP contribution in [-0.2, 0) is 4.74 Å². The molecule has 1 aliphatic rings. The molecule has 1 fully saturated rings. The van der Waals surface area contributed by atoms with Gasteiger partial charge in [0.15, 0.2) is 0 Å². The highest BCUT2D eigenvalue weighted by atomic mass is 16.5. The minimum atomic E-state index is -0.960. The lowest BCUT2D eigenvalue weighted by molar-refractivity contribution is -0.0778. The van der Waals surface area contributed by atoms with Crippen LogP contribution >= 0.6 is 0 Å². The molecule has 2 unspecified atom stereocenters. The molecule has 74 valence electrons. The van der Waals surface area contributed by atoms with Gasteiger partial charge in [-0.05, 0) is 19.3 Å². The molecule has 1 N–H and O–H groups in total. The van der Waals surface area contributed by atoms with Gasteiger partial charge in [-0.3, -0.25) is 0 Å². The fourth-order valence-corrected chi connectivity index (χ4v) is 1.72. The average molecular weight is 183 g/mol. The predicted molar refractivity (Wildman–Crippen MR) is 48.9 cm³/mol. The Hall–Kier alpha value is -0.590. The minimum Gasteiger partial charge on any atom is -0.388 e. The van der Waals surface area contributed by atoms with Gasteiger partial charge in [0, 0.05) is 6.61 Å². The maximum atomic E-state index is 10.2. The van der Waals surface area contributed by atoms with Crippen LogP contribution in [0.1, 0.15) is 27.2 Å². The van der Waals surface area contributed by atoms with Gasteiger partial charge < -0.3 is 9.84 Å². The van der Waals surface area contributed by atoms with Crippen molar-refractivity contribution >= 4 is 0 Å². The summed E-state index contributed by atoms with van der Waals surface area (Å²) in [6.07, 6.45) is 0.634. The molecule has 0 spiro atoms. The summed E-state index contributed by atoms with van der Waals surface area (Å²) in [5.41, 5.74) is -1.67. The van der Waals surface area contributed by atoms with Gasteiger partial charge in [-0.1, -0.05) is 13.8 Å². The summed E-state index contributed by atoms with van der Waals surface area (Å²) in [5, 5.41) is 19.4. The highest BCUT2D eigenvalue weighted by molar-refractivity contribution is 5.12. The third-order valence-corrected chi connectivity index (χ3v) is 3.33. The van der Waals surface area contributed by atoms with Crippen LogP contribution < -0.4 is 0 Å². The number of aliphatic hydroxyl groups is 1. The Balaban J connectivity index is 2.95. The zero-order valence-corrected chi connectivity index (χ0v) is 8.50. The molecule has 0 aromatic carbocycles. The summed E-state index contributed by atoms with van der Waals surface area (Å²) in [6.45, 7) is 6.52. The van der Waals surface area contributed by atoms with Crippen molar-refractivity contribution in [2.24, 2.45) is 11.3 Å². The molecule has 1 aliphatic heterocycles. The van der Waals surface area contributed by atoms with Crippen molar-refractivity contribution in [3.05, 3.63) is 0 Å². The van der Waals surface area contributed by atoms with Crippen molar-refractivity contribution in [1.29, 1.82) is 5.26 Å². The molecule has 0 aliphatic carbocycles. The van der Waals surface area contributed by atoms with Gasteiger partial charge in [-0.2, -0.15) is 5.26 Å². The Morgan fingerprint density at radius 1 is 1.62 bits per heavy atom. The lowest BCUT2D eigenvalue weighted by Gasteiger charge is -2.39. The summed E-state index contributed by atoms with van der Waals surface area (Å²) in [5.74, 6) is 0.0637. The lowest BCUT2D eigenvalue weighted by Crippen LogP contribution is -2.49. The monoisotopic (exact) mass is 183 g/mol. The number of hydrogen-bond acceptors (Lipinski definition) is 3. The molecule has 2 atom stereocenters. The van der Waals surface area contributed by atoms with Crippen LogP contribution in [0.2, 0.25) is 0 Å². The molecule has 0 saturated carbocycles. The van der Waals surface area contributed by atoms with E-state index in [4.69, 9.17) is 10.00 Å². The van der Waals surface area contributed by atoms with Crippen molar-refractivity contribution in [3.63, 3.8) is 0 Å². The van der Waals surface area contributed by atoms with Gasteiger partial charge in [0.1, 0.15) is 5.41 Å². The van der Waals surface area contributed by atoms with Crippen LogP contribution in [0.15, 0.2) is 0 Å². The van der Waals surface area contributed by atoms with E-state index in [1.807, 2.05) is 13.8 Å². The Morgan fingerprint density at radius 3 is 2.54 bits per heavy atom. The number of nitriles is 1. The Bertz CT molecular complexity index is 222. The standard InChI is InChI=1S/C10H17NO2/c1-8(2)9(3,12)10(6-11)4-5-13-7-10/h8,12H,4-5,7H2,1-3H3. The third kappa shape index (κ3) is 1.45. The summed E-state index contributed by atoms with van der Waals surface area (Å²) in [4.78, 5) is 0. The van der Waals surface area contributed by atoms with E-state index < -0.39 is 11.0 Å². The molecule has 0 radical (unpaired) electrons. The molecule has 3 heteroatoms. The molecule has 3 nitrogen and oxygen atoms in total. The average Bonchev–Trinajstić information content (AvgIpc) is 2.53. The first-order valence-electron chi connectivity index (χ1n) is 4.68. The van der Waals surface area contributed by atoms with Crippen molar-refractivity contribution in [2.75, 3.05) is 13.2 Å². The van der Waals surface area contributed by atoms with Crippen LogP contribution in [0.3, 0.4) is 0 Å². The Kier molecular flexibility index (Phi) is 2.65. The fourth-order valence-electron chi connectivity index (χ4n) is 1.72. The number of hydrogen-bond donors (Lipinski definition) is 1. The molecule has 1 rings (SSSR count).